The zero-order valence-electron chi connectivity index (χ0n) is 16.5. The van der Waals surface area contributed by atoms with Crippen LogP contribution in [0.2, 0.25) is 0 Å². The number of ether oxygens (including phenoxy) is 1. The van der Waals surface area contributed by atoms with Gasteiger partial charge in [-0.05, 0) is 38.1 Å². The maximum Gasteiger partial charge on any atom is 0.284 e. The van der Waals surface area contributed by atoms with Crippen LogP contribution in [0, 0.1) is 0 Å². The van der Waals surface area contributed by atoms with Crippen LogP contribution in [0.1, 0.15) is 13.8 Å². The third-order valence-corrected chi connectivity index (χ3v) is 5.46. The Kier molecular flexibility index (Phi) is 6.35. The molecule has 144 valence electrons. The minimum Gasteiger partial charge on any atom is -0.497 e. The normalized spacial score (nSPS) is 16.0. The molecule has 0 aromatic heterocycles. The second-order valence-corrected chi connectivity index (χ2v) is 6.99. The number of benzene rings is 2. The minimum atomic E-state index is -0.0439. The van der Waals surface area contributed by atoms with E-state index in [1.807, 2.05) is 54.3 Å². The molecule has 0 saturated carbocycles. The summed E-state index contributed by atoms with van der Waals surface area (Å²) in [5.41, 5.74) is 2.16. The van der Waals surface area contributed by atoms with E-state index < -0.39 is 0 Å². The van der Waals surface area contributed by atoms with Gasteiger partial charge in [0.2, 0.25) is 0 Å². The van der Waals surface area contributed by atoms with E-state index in [1.54, 1.807) is 7.11 Å². The van der Waals surface area contributed by atoms with Crippen molar-refractivity contribution >= 4 is 17.3 Å². The first kappa shape index (κ1) is 19.2. The van der Waals surface area contributed by atoms with Gasteiger partial charge in [-0.15, -0.1) is 0 Å². The average Bonchev–Trinajstić information content (AvgIpc) is 2.74. The molecular formula is C22H30N3O2+. The first-order valence-corrected chi connectivity index (χ1v) is 9.74. The summed E-state index contributed by atoms with van der Waals surface area (Å²) in [6.45, 7) is 8.58. The highest BCUT2D eigenvalue weighted by atomic mass is 16.5. The van der Waals surface area contributed by atoms with Gasteiger partial charge in [-0.25, -0.2) is 0 Å². The van der Waals surface area contributed by atoms with Crippen LogP contribution in [0.25, 0.3) is 0 Å². The molecule has 1 N–H and O–H groups in total. The van der Waals surface area contributed by atoms with Crippen LogP contribution in [-0.4, -0.2) is 51.8 Å². The smallest absolute Gasteiger partial charge is 0.284 e. The minimum absolute atomic E-state index is 0.0439. The van der Waals surface area contributed by atoms with Gasteiger partial charge in [0.15, 0.2) is 6.04 Å². The molecular weight excluding hydrogens is 338 g/mol. The Morgan fingerprint density at radius 2 is 1.85 bits per heavy atom. The lowest BCUT2D eigenvalue weighted by Crippen LogP contribution is -3.19. The van der Waals surface area contributed by atoms with Gasteiger partial charge in [-0.1, -0.05) is 24.3 Å². The van der Waals surface area contributed by atoms with E-state index in [0.717, 1.165) is 37.6 Å². The maximum absolute atomic E-state index is 13.1. The number of hydrogen-bond donors (Lipinski definition) is 1. The van der Waals surface area contributed by atoms with Gasteiger partial charge >= 0.3 is 0 Å². The molecule has 0 spiro atoms. The van der Waals surface area contributed by atoms with Gasteiger partial charge in [0.25, 0.3) is 5.91 Å². The molecule has 1 saturated heterocycles. The largest absolute Gasteiger partial charge is 0.497 e. The molecule has 0 aliphatic carbocycles. The summed E-state index contributed by atoms with van der Waals surface area (Å²) < 4.78 is 5.34. The molecule has 2 aromatic carbocycles. The SMILES string of the molecule is CCN(C(=O)[C@H](C)[NH+]1CCN(c2cccc(OC)c2)CC1)c1ccccc1. The Labute approximate surface area is 162 Å². The molecule has 0 unspecified atom stereocenters. The van der Waals surface area contributed by atoms with Crippen molar-refractivity contribution in [2.45, 2.75) is 19.9 Å². The highest BCUT2D eigenvalue weighted by Gasteiger charge is 2.32. The van der Waals surface area contributed by atoms with E-state index in [1.165, 1.54) is 10.6 Å². The van der Waals surface area contributed by atoms with Crippen LogP contribution in [-0.2, 0) is 4.79 Å². The van der Waals surface area contributed by atoms with E-state index in [-0.39, 0.29) is 11.9 Å². The molecule has 0 radical (unpaired) electrons. The van der Waals surface area contributed by atoms with Gasteiger partial charge in [0.05, 0.1) is 33.3 Å². The number of para-hydroxylation sites is 1. The molecule has 1 fully saturated rings. The number of nitrogens with one attached hydrogen (secondary N) is 1. The third kappa shape index (κ3) is 4.42. The van der Waals surface area contributed by atoms with Crippen LogP contribution in [0.5, 0.6) is 5.75 Å². The van der Waals surface area contributed by atoms with Gasteiger partial charge in [-0.3, -0.25) is 4.79 Å². The predicted molar refractivity (Wildman–Crippen MR) is 110 cm³/mol. The monoisotopic (exact) mass is 368 g/mol. The lowest BCUT2D eigenvalue weighted by Gasteiger charge is -2.37. The number of amides is 1. The Balaban J connectivity index is 1.62. The number of carbonyl (C=O) groups is 1. The molecule has 2 aromatic rings. The standard InChI is InChI=1S/C22H29N3O2/c1-4-25(19-9-6-5-7-10-19)22(26)18(2)23-13-15-24(16-14-23)20-11-8-12-21(17-20)27-3/h5-12,17-18H,4,13-16H2,1-3H3/p+1/t18-/m0/s1. The highest BCUT2D eigenvalue weighted by Crippen LogP contribution is 2.21. The number of methoxy groups -OCH3 is 1. The fourth-order valence-electron chi connectivity index (χ4n) is 3.77. The summed E-state index contributed by atoms with van der Waals surface area (Å²) in [5, 5.41) is 0. The van der Waals surface area contributed by atoms with Gasteiger partial charge < -0.3 is 19.4 Å². The topological polar surface area (TPSA) is 37.2 Å². The molecule has 1 atom stereocenters. The predicted octanol–water partition coefficient (Wildman–Crippen LogP) is 1.84. The van der Waals surface area contributed by atoms with Crippen LogP contribution < -0.4 is 19.4 Å². The Morgan fingerprint density at radius 1 is 1.15 bits per heavy atom. The van der Waals surface area contributed by atoms with E-state index in [4.69, 9.17) is 4.74 Å². The fourth-order valence-corrected chi connectivity index (χ4v) is 3.77. The van der Waals surface area contributed by atoms with Crippen LogP contribution in [0.3, 0.4) is 0 Å². The van der Waals surface area contributed by atoms with E-state index in [0.29, 0.717) is 6.54 Å². The van der Waals surface area contributed by atoms with Crippen LogP contribution in [0.4, 0.5) is 11.4 Å². The van der Waals surface area contributed by atoms with Crippen molar-refractivity contribution in [3.05, 3.63) is 54.6 Å². The summed E-state index contributed by atoms with van der Waals surface area (Å²) in [6.07, 6.45) is 0. The molecule has 5 nitrogen and oxygen atoms in total. The first-order valence-electron chi connectivity index (χ1n) is 9.74. The van der Waals surface area contributed by atoms with Crippen molar-refractivity contribution in [1.29, 1.82) is 0 Å². The van der Waals surface area contributed by atoms with Crippen molar-refractivity contribution in [1.82, 2.24) is 0 Å². The summed E-state index contributed by atoms with van der Waals surface area (Å²) >= 11 is 0. The van der Waals surface area contributed by atoms with E-state index in [2.05, 4.69) is 24.0 Å². The average molecular weight is 369 g/mol. The summed E-state index contributed by atoms with van der Waals surface area (Å²) in [7, 11) is 1.70. The quantitative estimate of drug-likeness (QED) is 0.845. The number of carbonyl (C=O) groups excluding carboxylic acids is 1. The molecule has 1 aliphatic rings. The van der Waals surface area contributed by atoms with E-state index >= 15 is 0 Å². The summed E-state index contributed by atoms with van der Waals surface area (Å²) in [4.78, 5) is 18.7. The molecule has 0 bridgehead atoms. The van der Waals surface area contributed by atoms with Crippen LogP contribution >= 0.6 is 0 Å². The number of rotatable bonds is 6. The van der Waals surface area contributed by atoms with Crippen molar-refractivity contribution in [3.63, 3.8) is 0 Å². The molecule has 1 heterocycles. The second kappa shape index (κ2) is 8.91. The van der Waals surface area contributed by atoms with E-state index in [9.17, 15) is 4.79 Å². The van der Waals surface area contributed by atoms with Crippen molar-refractivity contribution < 1.29 is 14.4 Å². The number of piperazine rings is 1. The third-order valence-electron chi connectivity index (χ3n) is 5.46. The number of nitrogens with zero attached hydrogens (tertiary/aromatic N) is 2. The molecule has 1 aliphatic heterocycles. The maximum atomic E-state index is 13.1. The molecule has 27 heavy (non-hydrogen) atoms. The lowest BCUT2D eigenvalue weighted by molar-refractivity contribution is -0.914. The Morgan fingerprint density at radius 3 is 2.48 bits per heavy atom. The van der Waals surface area contributed by atoms with Crippen molar-refractivity contribution in [3.8, 4) is 5.75 Å². The summed E-state index contributed by atoms with van der Waals surface area (Å²) in [6, 6.07) is 18.1. The number of hydrogen-bond acceptors (Lipinski definition) is 3. The fraction of sp³-hybridized carbons (Fsp3) is 0.409. The molecule has 1 amide bonds. The van der Waals surface area contributed by atoms with Gasteiger partial charge in [0, 0.05) is 24.0 Å². The lowest BCUT2D eigenvalue weighted by atomic mass is 10.1. The van der Waals surface area contributed by atoms with Gasteiger partial charge in [-0.2, -0.15) is 0 Å². The molecule has 5 heteroatoms. The van der Waals surface area contributed by atoms with Gasteiger partial charge in [0.1, 0.15) is 5.75 Å². The second-order valence-electron chi connectivity index (χ2n) is 6.99. The Hall–Kier alpha value is -2.53. The summed E-state index contributed by atoms with van der Waals surface area (Å²) in [5.74, 6) is 1.08. The van der Waals surface area contributed by atoms with Crippen molar-refractivity contribution in [2.24, 2.45) is 0 Å². The zero-order chi connectivity index (χ0) is 19.2. The number of quaternary nitrogens is 1. The number of anilines is 2. The van der Waals surface area contributed by atoms with Crippen molar-refractivity contribution in [2.75, 3.05) is 49.6 Å². The van der Waals surface area contributed by atoms with Crippen LogP contribution in [0.15, 0.2) is 54.6 Å². The first-order chi connectivity index (χ1) is 13.1. The Bertz CT molecular complexity index is 742. The molecule has 3 rings (SSSR count). The number of likely N-dealkylation sites (N-methyl/N-ethyl adjacent to an activating group) is 1. The highest BCUT2D eigenvalue weighted by molar-refractivity contribution is 5.96. The zero-order valence-corrected chi connectivity index (χ0v) is 16.5.